The third kappa shape index (κ3) is 4.01. The monoisotopic (exact) mass is 309 g/mol. The van der Waals surface area contributed by atoms with Gasteiger partial charge < -0.3 is 9.88 Å². The topological polar surface area (TPSA) is 29.9 Å². The highest BCUT2D eigenvalue weighted by Gasteiger charge is 2.14. The number of halogens is 1. The number of hydrogen-bond acceptors (Lipinski definition) is 3. The van der Waals surface area contributed by atoms with Crippen LogP contribution in [0.1, 0.15) is 26.3 Å². The second-order valence-corrected chi connectivity index (χ2v) is 7.14. The fraction of sp³-hybridized carbons (Fsp3) is 0.400. The van der Waals surface area contributed by atoms with Gasteiger partial charge in [-0.05, 0) is 44.2 Å². The van der Waals surface area contributed by atoms with Crippen molar-refractivity contribution >= 4 is 23.4 Å². The van der Waals surface area contributed by atoms with Crippen LogP contribution < -0.4 is 5.32 Å². The fourth-order valence-electron chi connectivity index (χ4n) is 1.71. The van der Waals surface area contributed by atoms with Crippen LogP contribution in [0.4, 0.5) is 0 Å². The van der Waals surface area contributed by atoms with Crippen molar-refractivity contribution in [3.8, 4) is 0 Å². The van der Waals surface area contributed by atoms with E-state index in [1.807, 2.05) is 29.9 Å². The lowest BCUT2D eigenvalue weighted by molar-refractivity contribution is 0.422. The van der Waals surface area contributed by atoms with Crippen LogP contribution in [-0.4, -0.2) is 15.1 Å². The minimum absolute atomic E-state index is 0.0769. The first-order valence-electron chi connectivity index (χ1n) is 6.54. The van der Waals surface area contributed by atoms with Gasteiger partial charge in [-0.3, -0.25) is 0 Å². The summed E-state index contributed by atoms with van der Waals surface area (Å²) in [4.78, 5) is 5.42. The number of hydrogen-bond donors (Lipinski definition) is 1. The summed E-state index contributed by atoms with van der Waals surface area (Å²) in [6, 6.07) is 6.02. The number of nitrogens with zero attached hydrogens (tertiary/aromatic N) is 2. The average molecular weight is 310 g/mol. The first-order chi connectivity index (χ1) is 9.37. The van der Waals surface area contributed by atoms with Crippen molar-refractivity contribution in [1.82, 2.24) is 14.9 Å². The molecule has 1 N–H and O–H groups in total. The van der Waals surface area contributed by atoms with Crippen LogP contribution in [0.3, 0.4) is 0 Å². The predicted octanol–water partition coefficient (Wildman–Crippen LogP) is 4.11. The Morgan fingerprint density at radius 1 is 1.35 bits per heavy atom. The normalized spacial score (nSPS) is 11.8. The molecule has 0 aliphatic carbocycles. The molecule has 1 aromatic carbocycles. The number of nitrogens with one attached hydrogen (secondary N) is 1. The molecule has 2 rings (SSSR count). The molecule has 0 amide bonds. The molecule has 0 spiro atoms. The van der Waals surface area contributed by atoms with Gasteiger partial charge in [-0.2, -0.15) is 0 Å². The van der Waals surface area contributed by atoms with E-state index in [0.717, 1.165) is 21.6 Å². The third-order valence-electron chi connectivity index (χ3n) is 2.83. The zero-order chi connectivity index (χ0) is 14.8. The van der Waals surface area contributed by atoms with Crippen molar-refractivity contribution < 1.29 is 0 Å². The van der Waals surface area contributed by atoms with E-state index in [-0.39, 0.29) is 5.54 Å². The molecule has 20 heavy (non-hydrogen) atoms. The van der Waals surface area contributed by atoms with Gasteiger partial charge in [0.15, 0.2) is 5.16 Å². The lowest BCUT2D eigenvalue weighted by Crippen LogP contribution is -2.35. The summed E-state index contributed by atoms with van der Waals surface area (Å²) in [6.07, 6.45) is 3.73. The van der Waals surface area contributed by atoms with Gasteiger partial charge in [-0.15, -0.1) is 0 Å². The molecular formula is C15H20ClN3S. The predicted molar refractivity (Wildman–Crippen MR) is 85.4 cm³/mol. The van der Waals surface area contributed by atoms with Crippen LogP contribution >= 0.6 is 23.4 Å². The van der Waals surface area contributed by atoms with Gasteiger partial charge in [0.05, 0.1) is 5.02 Å². The summed E-state index contributed by atoms with van der Waals surface area (Å²) < 4.78 is 2.00. The molecule has 0 saturated carbocycles. The maximum absolute atomic E-state index is 6.36. The van der Waals surface area contributed by atoms with Crippen molar-refractivity contribution in [2.75, 3.05) is 0 Å². The fourth-order valence-corrected chi connectivity index (χ4v) is 2.96. The Kier molecular flexibility index (Phi) is 4.78. The number of imidazole rings is 1. The van der Waals surface area contributed by atoms with E-state index in [4.69, 9.17) is 11.6 Å². The lowest BCUT2D eigenvalue weighted by Gasteiger charge is -2.21. The Balaban J connectivity index is 2.25. The van der Waals surface area contributed by atoms with Gasteiger partial charge in [0.2, 0.25) is 0 Å². The summed E-state index contributed by atoms with van der Waals surface area (Å²) in [5.74, 6) is 0. The summed E-state index contributed by atoms with van der Waals surface area (Å²) in [7, 11) is 1.99. The molecule has 1 heterocycles. The first kappa shape index (κ1) is 15.4. The quantitative estimate of drug-likeness (QED) is 0.921. The van der Waals surface area contributed by atoms with Crippen molar-refractivity contribution in [3.63, 3.8) is 0 Å². The highest BCUT2D eigenvalue weighted by molar-refractivity contribution is 7.99. The lowest BCUT2D eigenvalue weighted by atomic mass is 10.1. The van der Waals surface area contributed by atoms with Crippen LogP contribution in [0.15, 0.2) is 40.6 Å². The highest BCUT2D eigenvalue weighted by atomic mass is 35.5. The van der Waals surface area contributed by atoms with Gasteiger partial charge in [0.25, 0.3) is 0 Å². The van der Waals surface area contributed by atoms with Gasteiger partial charge in [0, 0.05) is 36.4 Å². The van der Waals surface area contributed by atoms with E-state index in [2.05, 4.69) is 37.1 Å². The molecule has 0 fully saturated rings. The summed E-state index contributed by atoms with van der Waals surface area (Å²) >= 11 is 7.97. The summed E-state index contributed by atoms with van der Waals surface area (Å²) in [5, 5.41) is 5.21. The Morgan fingerprint density at radius 2 is 2.10 bits per heavy atom. The second kappa shape index (κ2) is 6.20. The number of benzene rings is 1. The zero-order valence-corrected chi connectivity index (χ0v) is 13.8. The zero-order valence-electron chi connectivity index (χ0n) is 12.3. The molecule has 108 valence electrons. The minimum Gasteiger partial charge on any atom is -0.329 e. The molecule has 0 aliphatic rings. The van der Waals surface area contributed by atoms with Gasteiger partial charge in [-0.1, -0.05) is 23.7 Å². The van der Waals surface area contributed by atoms with Gasteiger partial charge in [0.1, 0.15) is 0 Å². The van der Waals surface area contributed by atoms with E-state index < -0.39 is 0 Å². The van der Waals surface area contributed by atoms with Crippen LogP contribution in [0.25, 0.3) is 0 Å². The maximum Gasteiger partial charge on any atom is 0.172 e. The molecule has 0 bridgehead atoms. The van der Waals surface area contributed by atoms with Crippen molar-refractivity contribution in [1.29, 1.82) is 0 Å². The van der Waals surface area contributed by atoms with Crippen molar-refractivity contribution in [3.05, 3.63) is 41.2 Å². The molecule has 0 saturated heterocycles. The highest BCUT2D eigenvalue weighted by Crippen LogP contribution is 2.35. The van der Waals surface area contributed by atoms with Crippen LogP contribution in [0.5, 0.6) is 0 Å². The molecular weight excluding hydrogens is 290 g/mol. The summed E-state index contributed by atoms with van der Waals surface area (Å²) in [6.45, 7) is 7.26. The van der Waals surface area contributed by atoms with Gasteiger partial charge in [-0.25, -0.2) is 4.98 Å². The smallest absolute Gasteiger partial charge is 0.172 e. The van der Waals surface area contributed by atoms with Crippen LogP contribution in [-0.2, 0) is 13.6 Å². The summed E-state index contributed by atoms with van der Waals surface area (Å²) in [5.41, 5.74) is 1.27. The van der Waals surface area contributed by atoms with E-state index in [0.29, 0.717) is 0 Å². The Hall–Kier alpha value is -0.970. The standard InChI is InChI=1S/C15H20ClN3S/c1-15(2,3)18-10-11-6-5-7-12(16)13(11)20-14-17-8-9-19(14)4/h5-9,18H,10H2,1-4H3. The van der Waals surface area contributed by atoms with Crippen molar-refractivity contribution in [2.45, 2.75) is 42.9 Å². The molecule has 2 aromatic rings. The largest absolute Gasteiger partial charge is 0.329 e. The molecule has 0 unspecified atom stereocenters. The van der Waals surface area contributed by atoms with E-state index in [1.54, 1.807) is 18.0 Å². The first-order valence-corrected chi connectivity index (χ1v) is 7.74. The number of aryl methyl sites for hydroxylation is 1. The molecule has 0 aliphatic heterocycles. The average Bonchev–Trinajstić information content (AvgIpc) is 2.75. The molecule has 0 radical (unpaired) electrons. The SMILES string of the molecule is Cn1ccnc1Sc1c(Cl)cccc1CNC(C)(C)C. The van der Waals surface area contributed by atoms with E-state index in [9.17, 15) is 0 Å². The Morgan fingerprint density at radius 3 is 2.70 bits per heavy atom. The second-order valence-electron chi connectivity index (χ2n) is 5.75. The molecule has 1 aromatic heterocycles. The molecule has 5 heteroatoms. The number of aromatic nitrogens is 2. The molecule has 0 atom stereocenters. The van der Waals surface area contributed by atoms with E-state index in [1.165, 1.54) is 5.56 Å². The van der Waals surface area contributed by atoms with E-state index >= 15 is 0 Å². The van der Waals surface area contributed by atoms with Crippen LogP contribution in [0, 0.1) is 0 Å². The van der Waals surface area contributed by atoms with Crippen LogP contribution in [0.2, 0.25) is 5.02 Å². The van der Waals surface area contributed by atoms with Crippen molar-refractivity contribution in [2.24, 2.45) is 7.05 Å². The van der Waals surface area contributed by atoms with Gasteiger partial charge >= 0.3 is 0 Å². The third-order valence-corrected chi connectivity index (χ3v) is 4.52. The maximum atomic E-state index is 6.36. The number of rotatable bonds is 4. The Labute approximate surface area is 129 Å². The minimum atomic E-state index is 0.0769. The Bertz CT molecular complexity index is 587. The molecule has 3 nitrogen and oxygen atoms in total.